The highest BCUT2D eigenvalue weighted by molar-refractivity contribution is 7.99. The number of methoxy groups -OCH3 is 1. The molecule has 2 aromatic rings. The quantitative estimate of drug-likeness (QED) is 0.848. The Hall–Kier alpha value is -1.46. The van der Waals surface area contributed by atoms with E-state index in [9.17, 15) is 4.79 Å². The average molecular weight is 333 g/mol. The molecule has 5 heteroatoms. The van der Waals surface area contributed by atoms with Crippen LogP contribution in [0.25, 0.3) is 0 Å². The molecule has 0 saturated carbocycles. The molecule has 1 saturated heterocycles. The number of carbonyl (C=O) groups excluding carboxylic acids is 1. The summed E-state index contributed by atoms with van der Waals surface area (Å²) in [6.07, 6.45) is 1.01. The van der Waals surface area contributed by atoms with Gasteiger partial charge in [-0.25, -0.2) is 0 Å². The average Bonchev–Trinajstić information content (AvgIpc) is 2.99. The highest BCUT2D eigenvalue weighted by Gasteiger charge is 2.24. The summed E-state index contributed by atoms with van der Waals surface area (Å²) in [5.41, 5.74) is 0.657. The highest BCUT2D eigenvalue weighted by Crippen LogP contribution is 2.37. The minimum atomic E-state index is 0.0740. The molecule has 1 atom stereocenters. The second-order valence-corrected chi connectivity index (χ2v) is 7.45. The Morgan fingerprint density at radius 2 is 2.09 bits per heavy atom. The van der Waals surface area contributed by atoms with Crippen molar-refractivity contribution in [3.63, 3.8) is 0 Å². The van der Waals surface area contributed by atoms with E-state index in [1.807, 2.05) is 40.9 Å². The molecule has 3 rings (SSSR count). The van der Waals surface area contributed by atoms with Crippen molar-refractivity contribution in [1.29, 1.82) is 0 Å². The Morgan fingerprint density at radius 1 is 1.23 bits per heavy atom. The predicted molar refractivity (Wildman–Crippen MR) is 93.0 cm³/mol. The van der Waals surface area contributed by atoms with Gasteiger partial charge in [0.25, 0.3) is 5.91 Å². The number of ether oxygens (including phenoxy) is 1. The Balaban J connectivity index is 1.71. The summed E-state index contributed by atoms with van der Waals surface area (Å²) in [5, 5.41) is 2.63. The molecule has 1 aliphatic heterocycles. The SMILES string of the molecule is COc1ccccc1C(=O)N1CCSC(c2cccs2)CC1. The Kier molecular flexibility index (Phi) is 5.05. The molecule has 0 spiro atoms. The molecule has 116 valence electrons. The maximum atomic E-state index is 12.8. The van der Waals surface area contributed by atoms with Crippen LogP contribution in [0.4, 0.5) is 0 Å². The van der Waals surface area contributed by atoms with Gasteiger partial charge in [0.05, 0.1) is 12.7 Å². The number of rotatable bonds is 3. The lowest BCUT2D eigenvalue weighted by Gasteiger charge is -2.21. The number of nitrogens with zero attached hydrogens (tertiary/aromatic N) is 1. The predicted octanol–water partition coefficient (Wildman–Crippen LogP) is 4.08. The molecule has 2 heterocycles. The third-order valence-electron chi connectivity index (χ3n) is 3.83. The van der Waals surface area contributed by atoms with Gasteiger partial charge < -0.3 is 9.64 Å². The van der Waals surface area contributed by atoms with Gasteiger partial charge in [0, 0.05) is 29.0 Å². The zero-order valence-electron chi connectivity index (χ0n) is 12.5. The van der Waals surface area contributed by atoms with E-state index < -0.39 is 0 Å². The van der Waals surface area contributed by atoms with Crippen molar-refractivity contribution in [2.45, 2.75) is 11.7 Å². The van der Waals surface area contributed by atoms with Gasteiger partial charge in [-0.3, -0.25) is 4.79 Å². The minimum Gasteiger partial charge on any atom is -0.496 e. The van der Waals surface area contributed by atoms with Gasteiger partial charge >= 0.3 is 0 Å². The molecule has 3 nitrogen and oxygen atoms in total. The molecule has 1 aliphatic rings. The summed E-state index contributed by atoms with van der Waals surface area (Å²) in [4.78, 5) is 16.1. The molecular weight excluding hydrogens is 314 g/mol. The number of amides is 1. The molecule has 0 radical (unpaired) electrons. The maximum absolute atomic E-state index is 12.8. The van der Waals surface area contributed by atoms with Gasteiger partial charge in [-0.05, 0) is 30.0 Å². The summed E-state index contributed by atoms with van der Waals surface area (Å²) in [5.74, 6) is 1.70. The Morgan fingerprint density at radius 3 is 2.86 bits per heavy atom. The molecule has 0 aliphatic carbocycles. The summed E-state index contributed by atoms with van der Waals surface area (Å²) in [7, 11) is 1.61. The van der Waals surface area contributed by atoms with Crippen LogP contribution in [0, 0.1) is 0 Å². The van der Waals surface area contributed by atoms with Gasteiger partial charge in [-0.15, -0.1) is 11.3 Å². The number of benzene rings is 1. The smallest absolute Gasteiger partial charge is 0.257 e. The van der Waals surface area contributed by atoms with Gasteiger partial charge in [-0.1, -0.05) is 18.2 Å². The van der Waals surface area contributed by atoms with E-state index in [-0.39, 0.29) is 5.91 Å². The first kappa shape index (κ1) is 15.4. The third-order valence-corrected chi connectivity index (χ3v) is 6.27. The summed E-state index contributed by atoms with van der Waals surface area (Å²) in [6, 6.07) is 11.8. The lowest BCUT2D eigenvalue weighted by atomic mass is 10.1. The lowest BCUT2D eigenvalue weighted by molar-refractivity contribution is 0.0763. The number of carbonyl (C=O) groups is 1. The van der Waals surface area contributed by atoms with E-state index >= 15 is 0 Å². The van der Waals surface area contributed by atoms with E-state index in [0.717, 1.165) is 25.3 Å². The van der Waals surface area contributed by atoms with Gasteiger partial charge in [0.1, 0.15) is 5.75 Å². The molecule has 1 amide bonds. The van der Waals surface area contributed by atoms with Crippen molar-refractivity contribution in [3.05, 3.63) is 52.2 Å². The van der Waals surface area contributed by atoms with E-state index in [1.54, 1.807) is 18.4 Å². The van der Waals surface area contributed by atoms with Crippen LogP contribution in [0.1, 0.15) is 26.9 Å². The zero-order valence-corrected chi connectivity index (χ0v) is 14.2. The van der Waals surface area contributed by atoms with Crippen LogP contribution in [0.3, 0.4) is 0 Å². The normalized spacial score (nSPS) is 18.8. The van der Waals surface area contributed by atoms with Crippen LogP contribution in [-0.4, -0.2) is 36.8 Å². The second-order valence-electron chi connectivity index (χ2n) is 5.16. The van der Waals surface area contributed by atoms with Crippen LogP contribution in [0.2, 0.25) is 0 Å². The van der Waals surface area contributed by atoms with Crippen LogP contribution in [-0.2, 0) is 0 Å². The first-order chi connectivity index (χ1) is 10.8. The Bertz CT molecular complexity index is 627. The number of thioether (sulfide) groups is 1. The summed E-state index contributed by atoms with van der Waals surface area (Å²) >= 11 is 3.76. The molecule has 1 aromatic heterocycles. The van der Waals surface area contributed by atoms with Crippen molar-refractivity contribution in [2.24, 2.45) is 0 Å². The first-order valence-corrected chi connectivity index (χ1v) is 9.29. The molecule has 22 heavy (non-hydrogen) atoms. The fraction of sp³-hybridized carbons (Fsp3) is 0.353. The lowest BCUT2D eigenvalue weighted by Crippen LogP contribution is -2.33. The Labute approximate surface area is 139 Å². The summed E-state index contributed by atoms with van der Waals surface area (Å²) < 4.78 is 5.32. The van der Waals surface area contributed by atoms with Crippen molar-refractivity contribution < 1.29 is 9.53 Å². The van der Waals surface area contributed by atoms with E-state index in [1.165, 1.54) is 4.88 Å². The van der Waals surface area contributed by atoms with Crippen LogP contribution >= 0.6 is 23.1 Å². The van der Waals surface area contributed by atoms with Gasteiger partial charge in [-0.2, -0.15) is 11.8 Å². The monoisotopic (exact) mass is 333 g/mol. The standard InChI is InChI=1S/C17H19NO2S2/c1-20-14-6-3-2-5-13(14)17(19)18-9-8-16(22-12-10-18)15-7-4-11-21-15/h2-7,11,16H,8-10,12H2,1H3. The molecular formula is C17H19NO2S2. The van der Waals surface area contributed by atoms with Crippen molar-refractivity contribution in [1.82, 2.24) is 4.90 Å². The highest BCUT2D eigenvalue weighted by atomic mass is 32.2. The van der Waals surface area contributed by atoms with Crippen molar-refractivity contribution in [3.8, 4) is 5.75 Å². The first-order valence-electron chi connectivity index (χ1n) is 7.37. The topological polar surface area (TPSA) is 29.5 Å². The van der Waals surface area contributed by atoms with E-state index in [4.69, 9.17) is 4.74 Å². The molecule has 1 unspecified atom stereocenters. The second kappa shape index (κ2) is 7.20. The summed E-state index contributed by atoms with van der Waals surface area (Å²) in [6.45, 7) is 1.59. The molecule has 1 aromatic carbocycles. The van der Waals surface area contributed by atoms with Crippen LogP contribution in [0.5, 0.6) is 5.75 Å². The van der Waals surface area contributed by atoms with Crippen LogP contribution in [0.15, 0.2) is 41.8 Å². The number of hydrogen-bond acceptors (Lipinski definition) is 4. The minimum absolute atomic E-state index is 0.0740. The largest absolute Gasteiger partial charge is 0.496 e. The van der Waals surface area contributed by atoms with Crippen LogP contribution < -0.4 is 4.74 Å². The van der Waals surface area contributed by atoms with Gasteiger partial charge in [0.15, 0.2) is 0 Å². The maximum Gasteiger partial charge on any atom is 0.257 e. The molecule has 0 N–H and O–H groups in total. The van der Waals surface area contributed by atoms with E-state index in [2.05, 4.69) is 17.5 Å². The number of thiophene rings is 1. The molecule has 1 fully saturated rings. The fourth-order valence-corrected chi connectivity index (χ4v) is 4.90. The molecule has 0 bridgehead atoms. The van der Waals surface area contributed by atoms with Gasteiger partial charge in [0.2, 0.25) is 0 Å². The van der Waals surface area contributed by atoms with Crippen molar-refractivity contribution in [2.75, 3.05) is 26.0 Å². The third kappa shape index (κ3) is 3.31. The fourth-order valence-electron chi connectivity index (χ4n) is 2.67. The number of hydrogen-bond donors (Lipinski definition) is 0. The zero-order chi connectivity index (χ0) is 15.4. The van der Waals surface area contributed by atoms with Crippen molar-refractivity contribution >= 4 is 29.0 Å². The number of para-hydroxylation sites is 1. The van der Waals surface area contributed by atoms with E-state index in [0.29, 0.717) is 16.6 Å².